The van der Waals surface area contributed by atoms with E-state index < -0.39 is 28.7 Å². The van der Waals surface area contributed by atoms with E-state index in [4.69, 9.17) is 14.7 Å². The lowest BCUT2D eigenvalue weighted by Crippen LogP contribution is -2.13. The zero-order valence-corrected chi connectivity index (χ0v) is 20.6. The van der Waals surface area contributed by atoms with Gasteiger partial charge in [-0.2, -0.15) is 17.2 Å². The van der Waals surface area contributed by atoms with Crippen LogP contribution in [-0.2, 0) is 20.9 Å². The molecule has 0 aliphatic rings. The lowest BCUT2D eigenvalue weighted by Gasteiger charge is -2.18. The van der Waals surface area contributed by atoms with E-state index in [2.05, 4.69) is 14.7 Å². The van der Waals surface area contributed by atoms with Crippen LogP contribution in [-0.4, -0.2) is 41.7 Å². The summed E-state index contributed by atoms with van der Waals surface area (Å²) in [7, 11) is -3.66. The molecule has 0 aliphatic heterocycles. The fraction of sp³-hybridized carbons (Fsp3) is 0.227. The maximum absolute atomic E-state index is 12.8. The van der Waals surface area contributed by atoms with Gasteiger partial charge in [-0.25, -0.2) is 4.98 Å². The molecule has 4 aromatic rings. The largest absolute Gasteiger partial charge is 0.484 e. The Morgan fingerprint density at radius 2 is 1.92 bits per heavy atom. The van der Waals surface area contributed by atoms with Gasteiger partial charge < -0.3 is 15.2 Å². The Labute approximate surface area is 208 Å². The van der Waals surface area contributed by atoms with E-state index in [0.717, 1.165) is 17.6 Å². The molecule has 0 saturated carbocycles. The molecule has 10 nitrogen and oxygen atoms in total. The summed E-state index contributed by atoms with van der Waals surface area (Å²) in [5, 5.41) is 0.520. The third kappa shape index (κ3) is 5.78. The van der Waals surface area contributed by atoms with Crippen LogP contribution in [0.4, 0.5) is 8.78 Å². The number of fused-ring (bicyclic) bond motifs is 1. The normalized spacial score (nSPS) is 12.7. The van der Waals surface area contributed by atoms with E-state index in [1.54, 1.807) is 41.8 Å². The number of benzene rings is 1. The molecule has 190 valence electrons. The number of hydrogen-bond acceptors (Lipinski definition) is 9. The quantitative estimate of drug-likeness (QED) is 0.301. The number of para-hydroxylation sites is 1. The number of nitrogens with zero attached hydrogens (tertiary/aromatic N) is 3. The number of pyridine rings is 1. The van der Waals surface area contributed by atoms with Gasteiger partial charge in [0.2, 0.25) is 0 Å². The lowest BCUT2D eigenvalue weighted by molar-refractivity contribution is -0.0512. The molecular formula is C22H20F2N4O6S2. The molecule has 0 saturated heterocycles. The second kappa shape index (κ2) is 10.2. The summed E-state index contributed by atoms with van der Waals surface area (Å²) in [6.07, 6.45) is 3.15. The van der Waals surface area contributed by atoms with Gasteiger partial charge in [-0.05, 0) is 19.1 Å². The number of alkyl halides is 2. The summed E-state index contributed by atoms with van der Waals surface area (Å²) in [6.45, 7) is -1.64. The minimum absolute atomic E-state index is 0.0481. The molecule has 1 atom stereocenters. The molecule has 1 aromatic carbocycles. The highest BCUT2D eigenvalue weighted by atomic mass is 32.2. The van der Waals surface area contributed by atoms with Crippen LogP contribution in [0.15, 0.2) is 48.9 Å². The highest BCUT2D eigenvalue weighted by Gasteiger charge is 2.22. The number of imidazole rings is 1. The van der Waals surface area contributed by atoms with E-state index >= 15 is 0 Å². The van der Waals surface area contributed by atoms with E-state index in [1.165, 1.54) is 18.6 Å². The van der Waals surface area contributed by atoms with Crippen LogP contribution in [0.5, 0.6) is 11.5 Å². The highest BCUT2D eigenvalue weighted by molar-refractivity contribution is 7.85. The third-order valence-corrected chi connectivity index (χ3v) is 6.61. The first-order valence-corrected chi connectivity index (χ1v) is 13.0. The number of ether oxygens (including phenoxy) is 2. The van der Waals surface area contributed by atoms with Crippen molar-refractivity contribution in [3.63, 3.8) is 0 Å². The van der Waals surface area contributed by atoms with Crippen LogP contribution in [0, 0.1) is 0 Å². The summed E-state index contributed by atoms with van der Waals surface area (Å²) >= 11 is 1.04. The van der Waals surface area contributed by atoms with Crippen LogP contribution < -0.4 is 15.2 Å². The zero-order valence-electron chi connectivity index (χ0n) is 18.9. The first kappa shape index (κ1) is 25.5. The summed E-state index contributed by atoms with van der Waals surface area (Å²) in [4.78, 5) is 20.7. The van der Waals surface area contributed by atoms with Crippen molar-refractivity contribution in [1.29, 1.82) is 0 Å². The van der Waals surface area contributed by atoms with Crippen molar-refractivity contribution in [2.75, 3.05) is 6.26 Å². The molecule has 0 bridgehead atoms. The van der Waals surface area contributed by atoms with Crippen molar-refractivity contribution < 1.29 is 35.6 Å². The molecule has 0 aliphatic carbocycles. The van der Waals surface area contributed by atoms with Crippen molar-refractivity contribution in [2.45, 2.75) is 26.2 Å². The van der Waals surface area contributed by atoms with Gasteiger partial charge in [0, 0.05) is 11.6 Å². The molecule has 0 radical (unpaired) electrons. The first-order valence-electron chi connectivity index (χ1n) is 10.3. The fourth-order valence-electron chi connectivity index (χ4n) is 3.39. The van der Waals surface area contributed by atoms with E-state index in [0.29, 0.717) is 27.3 Å². The SMILES string of the molecule is CC(Oc1cc(-n2cnc3cnc(COS(C)(=O)=O)cc32)sc1C(N)=O)c1ccccc1OC(F)F. The minimum atomic E-state index is -3.66. The number of aromatic nitrogens is 3. The van der Waals surface area contributed by atoms with Crippen LogP contribution in [0.1, 0.15) is 34.0 Å². The Morgan fingerprint density at radius 3 is 2.61 bits per heavy atom. The molecule has 0 fully saturated rings. The molecule has 14 heteroatoms. The van der Waals surface area contributed by atoms with Crippen molar-refractivity contribution >= 4 is 38.4 Å². The van der Waals surface area contributed by atoms with Gasteiger partial charge in [0.05, 0.1) is 23.7 Å². The van der Waals surface area contributed by atoms with Crippen molar-refractivity contribution in [3.8, 4) is 16.5 Å². The Hall–Kier alpha value is -3.62. The zero-order chi connectivity index (χ0) is 26.0. The minimum Gasteiger partial charge on any atom is -0.484 e. The van der Waals surface area contributed by atoms with Crippen molar-refractivity contribution in [1.82, 2.24) is 14.5 Å². The molecule has 3 aromatic heterocycles. The number of carbonyl (C=O) groups excluding carboxylic acids is 1. The molecule has 4 rings (SSSR count). The van der Waals surface area contributed by atoms with Crippen LogP contribution >= 0.6 is 11.3 Å². The number of halogens is 2. The average Bonchev–Trinajstić information content (AvgIpc) is 3.41. The Bertz CT molecular complexity index is 1520. The number of primary amides is 1. The predicted octanol–water partition coefficient (Wildman–Crippen LogP) is 3.80. The van der Waals surface area contributed by atoms with E-state index in [9.17, 15) is 22.0 Å². The smallest absolute Gasteiger partial charge is 0.387 e. The lowest BCUT2D eigenvalue weighted by atomic mass is 10.1. The summed E-state index contributed by atoms with van der Waals surface area (Å²) in [5.41, 5.74) is 7.36. The molecule has 1 amide bonds. The van der Waals surface area contributed by atoms with Gasteiger partial charge in [-0.15, -0.1) is 11.3 Å². The molecule has 0 spiro atoms. The average molecular weight is 539 g/mol. The Kier molecular flexibility index (Phi) is 7.19. The molecule has 3 heterocycles. The standard InChI is InChI=1S/C22H20F2N4O6S2/c1-12(14-5-3-4-6-17(14)34-22(23)24)33-18-8-19(35-20(18)21(25)29)28-11-27-15-9-26-13(7-16(15)28)10-32-36(2,30)31/h3-9,11-12,22H,10H2,1-2H3,(H2,25,29). The van der Waals surface area contributed by atoms with Crippen molar-refractivity contribution in [3.05, 3.63) is 65.1 Å². The monoisotopic (exact) mass is 538 g/mol. The second-order valence-corrected chi connectivity index (χ2v) is 10.2. The summed E-state index contributed by atoms with van der Waals surface area (Å²) in [5.74, 6) is -0.634. The number of amides is 1. The van der Waals surface area contributed by atoms with Crippen LogP contribution in [0.2, 0.25) is 0 Å². The summed E-state index contributed by atoms with van der Waals surface area (Å²) in [6, 6.07) is 9.37. The summed E-state index contributed by atoms with van der Waals surface area (Å²) < 4.78 is 65.2. The number of hydrogen-bond donors (Lipinski definition) is 1. The number of thiophene rings is 1. The number of rotatable bonds is 10. The topological polar surface area (TPSA) is 136 Å². The van der Waals surface area contributed by atoms with Gasteiger partial charge in [0.15, 0.2) is 0 Å². The maximum atomic E-state index is 12.8. The number of carbonyl (C=O) groups is 1. The Morgan fingerprint density at radius 1 is 1.17 bits per heavy atom. The molecule has 2 N–H and O–H groups in total. The van der Waals surface area contributed by atoms with Gasteiger partial charge in [-0.1, -0.05) is 18.2 Å². The number of nitrogens with two attached hydrogens (primary N) is 1. The van der Waals surface area contributed by atoms with Crippen LogP contribution in [0.3, 0.4) is 0 Å². The first-order chi connectivity index (χ1) is 17.0. The molecule has 1 unspecified atom stereocenters. The Balaban J connectivity index is 1.67. The van der Waals surface area contributed by atoms with Gasteiger partial charge >= 0.3 is 6.61 Å². The van der Waals surface area contributed by atoms with Gasteiger partial charge in [-0.3, -0.25) is 18.5 Å². The third-order valence-electron chi connectivity index (χ3n) is 4.93. The van der Waals surface area contributed by atoms with Crippen molar-refractivity contribution in [2.24, 2.45) is 5.73 Å². The molecule has 36 heavy (non-hydrogen) atoms. The van der Waals surface area contributed by atoms with E-state index in [-0.39, 0.29) is 23.0 Å². The second-order valence-electron chi connectivity index (χ2n) is 7.56. The fourth-order valence-corrected chi connectivity index (χ4v) is 4.65. The highest BCUT2D eigenvalue weighted by Crippen LogP contribution is 2.37. The van der Waals surface area contributed by atoms with E-state index in [1.807, 2.05) is 0 Å². The van der Waals surface area contributed by atoms with Gasteiger partial charge in [0.1, 0.15) is 45.9 Å². The maximum Gasteiger partial charge on any atom is 0.387 e. The molecular weight excluding hydrogens is 518 g/mol. The van der Waals surface area contributed by atoms with Gasteiger partial charge in [0.25, 0.3) is 16.0 Å². The van der Waals surface area contributed by atoms with Crippen LogP contribution in [0.25, 0.3) is 16.0 Å². The predicted molar refractivity (Wildman–Crippen MR) is 127 cm³/mol.